The number of rotatable bonds is 0. The maximum atomic E-state index is 2.82. The van der Waals surface area contributed by atoms with Crippen LogP contribution < -0.4 is 0 Å². The molecule has 1 aliphatic carbocycles. The molecule has 1 heteroatoms. The lowest BCUT2D eigenvalue weighted by Crippen LogP contribution is -2.37. The van der Waals surface area contributed by atoms with E-state index in [0.29, 0.717) is 0 Å². The molecule has 3 fully saturated rings. The van der Waals surface area contributed by atoms with Crippen LogP contribution in [0, 0.1) is 11.8 Å². The number of fused-ring (bicyclic) bond motifs is 5. The van der Waals surface area contributed by atoms with E-state index in [1.54, 1.807) is 6.42 Å². The Morgan fingerprint density at radius 1 is 0.846 bits per heavy atom. The highest BCUT2D eigenvalue weighted by molar-refractivity contribution is 4.91. The van der Waals surface area contributed by atoms with E-state index < -0.39 is 0 Å². The van der Waals surface area contributed by atoms with Crippen molar-refractivity contribution in [2.24, 2.45) is 11.8 Å². The molecule has 3 atom stereocenters. The molecule has 0 amide bonds. The summed E-state index contributed by atoms with van der Waals surface area (Å²) in [4.78, 5) is 2.82. The summed E-state index contributed by atoms with van der Waals surface area (Å²) in [6.45, 7) is 2.86. The Balaban J connectivity index is 1.84. The Hall–Kier alpha value is -0.0400. The lowest BCUT2D eigenvalue weighted by molar-refractivity contribution is 0.166. The SMILES string of the molecule is C1CC2CCC(C1)C1CCCN1C2. The van der Waals surface area contributed by atoms with Crippen LogP contribution in [0.25, 0.3) is 0 Å². The predicted octanol–water partition coefficient (Wildman–Crippen LogP) is 2.66. The van der Waals surface area contributed by atoms with Gasteiger partial charge in [-0.3, -0.25) is 4.90 Å². The minimum Gasteiger partial charge on any atom is -0.300 e. The quantitative estimate of drug-likeness (QED) is 0.552. The van der Waals surface area contributed by atoms with Crippen molar-refractivity contribution in [3.63, 3.8) is 0 Å². The van der Waals surface area contributed by atoms with Gasteiger partial charge in [-0.15, -0.1) is 0 Å². The normalized spacial score (nSPS) is 45.7. The van der Waals surface area contributed by atoms with Crippen LogP contribution in [0.1, 0.15) is 44.9 Å². The maximum absolute atomic E-state index is 2.82. The summed E-state index contributed by atoms with van der Waals surface area (Å²) >= 11 is 0. The third-order valence-corrected chi connectivity index (χ3v) is 4.58. The lowest BCUT2D eigenvalue weighted by atomic mass is 9.91. The van der Waals surface area contributed by atoms with Crippen molar-refractivity contribution >= 4 is 0 Å². The van der Waals surface area contributed by atoms with Gasteiger partial charge in [0.1, 0.15) is 0 Å². The molecule has 2 heterocycles. The van der Waals surface area contributed by atoms with Gasteiger partial charge in [0.2, 0.25) is 0 Å². The monoisotopic (exact) mass is 179 g/mol. The van der Waals surface area contributed by atoms with Gasteiger partial charge in [0, 0.05) is 12.6 Å². The molecule has 0 aromatic carbocycles. The first-order valence-electron chi connectivity index (χ1n) is 6.17. The van der Waals surface area contributed by atoms with Crippen molar-refractivity contribution in [2.45, 2.75) is 51.0 Å². The molecule has 0 aromatic rings. The first-order chi connectivity index (χ1) is 6.43. The fourth-order valence-corrected chi connectivity index (χ4v) is 3.92. The summed E-state index contributed by atoms with van der Waals surface area (Å²) in [7, 11) is 0. The first kappa shape index (κ1) is 8.28. The summed E-state index contributed by atoms with van der Waals surface area (Å²) in [5.74, 6) is 2.14. The number of nitrogens with zero attached hydrogens (tertiary/aromatic N) is 1. The van der Waals surface area contributed by atoms with Gasteiger partial charge in [-0.25, -0.2) is 0 Å². The summed E-state index contributed by atoms with van der Waals surface area (Å²) in [6.07, 6.45) is 10.7. The standard InChI is InChI=1S/C12H21N/c1-3-10-6-7-11(4-1)12-5-2-8-13(12)9-10/h10-12H,1-9H2. The minimum absolute atomic E-state index is 1.00. The van der Waals surface area contributed by atoms with Crippen LogP contribution in [-0.4, -0.2) is 24.0 Å². The van der Waals surface area contributed by atoms with Crippen molar-refractivity contribution in [3.05, 3.63) is 0 Å². The molecule has 2 aliphatic heterocycles. The van der Waals surface area contributed by atoms with Crippen LogP contribution in [-0.2, 0) is 0 Å². The molecule has 2 bridgehead atoms. The molecule has 0 aromatic heterocycles. The maximum Gasteiger partial charge on any atom is 0.0124 e. The van der Waals surface area contributed by atoms with Gasteiger partial charge in [-0.2, -0.15) is 0 Å². The number of hydrogen-bond acceptors (Lipinski definition) is 1. The van der Waals surface area contributed by atoms with Crippen LogP contribution in [0.15, 0.2) is 0 Å². The van der Waals surface area contributed by atoms with E-state index in [4.69, 9.17) is 0 Å². The molecule has 74 valence electrons. The second-order valence-corrected chi connectivity index (χ2v) is 5.34. The molecule has 1 saturated carbocycles. The Labute approximate surface area is 81.5 Å². The fourth-order valence-electron chi connectivity index (χ4n) is 3.92. The highest BCUT2D eigenvalue weighted by Crippen LogP contribution is 2.39. The zero-order chi connectivity index (χ0) is 8.67. The fraction of sp³-hybridized carbons (Fsp3) is 1.00. The zero-order valence-corrected chi connectivity index (χ0v) is 8.54. The van der Waals surface area contributed by atoms with E-state index >= 15 is 0 Å². The molecule has 0 spiro atoms. The van der Waals surface area contributed by atoms with E-state index in [-0.39, 0.29) is 0 Å². The van der Waals surface area contributed by atoms with Crippen molar-refractivity contribution in [3.8, 4) is 0 Å². The molecule has 2 saturated heterocycles. The van der Waals surface area contributed by atoms with E-state index in [9.17, 15) is 0 Å². The summed E-state index contributed by atoms with van der Waals surface area (Å²) < 4.78 is 0. The molecule has 0 N–H and O–H groups in total. The van der Waals surface area contributed by atoms with E-state index in [2.05, 4.69) is 4.90 Å². The van der Waals surface area contributed by atoms with Gasteiger partial charge >= 0.3 is 0 Å². The number of hydrogen-bond donors (Lipinski definition) is 0. The second kappa shape index (κ2) is 3.27. The van der Waals surface area contributed by atoms with Crippen molar-refractivity contribution in [2.75, 3.05) is 13.1 Å². The Bertz CT molecular complexity index is 190. The topological polar surface area (TPSA) is 3.24 Å². The van der Waals surface area contributed by atoms with Crippen LogP contribution in [0.3, 0.4) is 0 Å². The third kappa shape index (κ3) is 1.41. The van der Waals surface area contributed by atoms with Gasteiger partial charge < -0.3 is 0 Å². The van der Waals surface area contributed by atoms with E-state index in [0.717, 1.165) is 17.9 Å². The lowest BCUT2D eigenvalue weighted by Gasteiger charge is -2.31. The Kier molecular flexibility index (Phi) is 2.08. The van der Waals surface area contributed by atoms with E-state index in [1.165, 1.54) is 51.6 Å². The summed E-state index contributed by atoms with van der Waals surface area (Å²) in [5.41, 5.74) is 0. The zero-order valence-electron chi connectivity index (χ0n) is 8.54. The molecular weight excluding hydrogens is 158 g/mol. The molecule has 3 aliphatic rings. The Morgan fingerprint density at radius 2 is 1.85 bits per heavy atom. The largest absolute Gasteiger partial charge is 0.300 e. The minimum atomic E-state index is 1.00. The molecular formula is C12H21N. The van der Waals surface area contributed by atoms with Crippen molar-refractivity contribution in [1.29, 1.82) is 0 Å². The Morgan fingerprint density at radius 3 is 2.85 bits per heavy atom. The van der Waals surface area contributed by atoms with Crippen LogP contribution in [0.5, 0.6) is 0 Å². The summed E-state index contributed by atoms with van der Waals surface area (Å²) in [5, 5.41) is 0. The van der Waals surface area contributed by atoms with Gasteiger partial charge in [-0.05, 0) is 56.9 Å². The molecule has 1 nitrogen and oxygen atoms in total. The highest BCUT2D eigenvalue weighted by Gasteiger charge is 2.37. The third-order valence-electron chi connectivity index (χ3n) is 4.58. The first-order valence-corrected chi connectivity index (χ1v) is 6.17. The molecule has 0 radical (unpaired) electrons. The second-order valence-electron chi connectivity index (χ2n) is 5.34. The van der Waals surface area contributed by atoms with Gasteiger partial charge in [0.25, 0.3) is 0 Å². The summed E-state index contributed by atoms with van der Waals surface area (Å²) in [6, 6.07) is 1.00. The van der Waals surface area contributed by atoms with Gasteiger partial charge in [0.15, 0.2) is 0 Å². The van der Waals surface area contributed by atoms with Gasteiger partial charge in [0.05, 0.1) is 0 Å². The van der Waals surface area contributed by atoms with Gasteiger partial charge in [-0.1, -0.05) is 6.42 Å². The molecule has 3 unspecified atom stereocenters. The van der Waals surface area contributed by atoms with Crippen molar-refractivity contribution in [1.82, 2.24) is 4.90 Å². The van der Waals surface area contributed by atoms with Crippen LogP contribution in [0.4, 0.5) is 0 Å². The average Bonchev–Trinajstić information content (AvgIpc) is 2.36. The van der Waals surface area contributed by atoms with Crippen LogP contribution in [0.2, 0.25) is 0 Å². The smallest absolute Gasteiger partial charge is 0.0124 e. The van der Waals surface area contributed by atoms with Crippen molar-refractivity contribution < 1.29 is 0 Å². The van der Waals surface area contributed by atoms with E-state index in [1.807, 2.05) is 0 Å². The molecule has 3 rings (SSSR count). The highest BCUT2D eigenvalue weighted by atomic mass is 15.2. The van der Waals surface area contributed by atoms with Crippen LogP contribution >= 0.6 is 0 Å². The predicted molar refractivity (Wildman–Crippen MR) is 54.7 cm³/mol. The molecule has 13 heavy (non-hydrogen) atoms. The average molecular weight is 179 g/mol.